The summed E-state index contributed by atoms with van der Waals surface area (Å²) >= 11 is 6.35. The van der Waals surface area contributed by atoms with Crippen molar-refractivity contribution in [3.8, 4) is 0 Å². The second-order valence-electron chi connectivity index (χ2n) is 5.57. The molecule has 2 aliphatic heterocycles. The van der Waals surface area contributed by atoms with Gasteiger partial charge in [-0.05, 0) is 38.8 Å². The number of piperidine rings is 1. The van der Waals surface area contributed by atoms with Gasteiger partial charge in [0.1, 0.15) is 0 Å². The molecule has 2 aliphatic rings. The average molecular weight is 269 g/mol. The van der Waals surface area contributed by atoms with E-state index >= 15 is 0 Å². The number of likely N-dealkylation sites (tertiary alicyclic amines) is 1. The molecule has 1 aromatic rings. The number of fused-ring (bicyclic) bond motifs is 1. The zero-order chi connectivity index (χ0) is 12.7. The van der Waals surface area contributed by atoms with E-state index in [1.165, 1.54) is 25.9 Å². The highest BCUT2D eigenvalue weighted by atomic mass is 35.5. The fourth-order valence-electron chi connectivity index (χ4n) is 3.40. The summed E-state index contributed by atoms with van der Waals surface area (Å²) in [6, 6.07) is 0.685. The van der Waals surface area contributed by atoms with Crippen molar-refractivity contribution < 1.29 is 0 Å². The third kappa shape index (κ3) is 2.06. The largest absolute Gasteiger partial charge is 0.315 e. The highest BCUT2D eigenvalue weighted by Gasteiger charge is 2.35. The molecule has 0 radical (unpaired) electrons. The van der Waals surface area contributed by atoms with Gasteiger partial charge >= 0.3 is 0 Å². The van der Waals surface area contributed by atoms with Crippen molar-refractivity contribution in [2.75, 3.05) is 19.6 Å². The first-order valence-corrected chi connectivity index (χ1v) is 7.17. The number of hydrogen-bond donors (Lipinski definition) is 1. The fraction of sp³-hybridized carbons (Fsp3) is 0.769. The lowest BCUT2D eigenvalue weighted by Crippen LogP contribution is -2.44. The van der Waals surface area contributed by atoms with Gasteiger partial charge in [0.05, 0.1) is 16.4 Å². The minimum atomic E-state index is 0.685. The van der Waals surface area contributed by atoms with E-state index in [0.717, 1.165) is 35.4 Å². The maximum Gasteiger partial charge on any atom is 0.0860 e. The van der Waals surface area contributed by atoms with Gasteiger partial charge in [-0.2, -0.15) is 5.10 Å². The third-order valence-electron chi connectivity index (χ3n) is 4.41. The summed E-state index contributed by atoms with van der Waals surface area (Å²) < 4.78 is 1.93. The SMILES string of the molecule is Cc1nn(C)c(CN2CCCC3CNCC32)c1Cl. The third-order valence-corrected chi connectivity index (χ3v) is 4.90. The smallest absolute Gasteiger partial charge is 0.0860 e. The Labute approximate surface area is 113 Å². The highest BCUT2D eigenvalue weighted by Crippen LogP contribution is 2.29. The van der Waals surface area contributed by atoms with Crippen LogP contribution in [0.15, 0.2) is 0 Å². The number of rotatable bonds is 2. The first-order valence-electron chi connectivity index (χ1n) is 6.79. The molecule has 3 rings (SSSR count). The predicted molar refractivity (Wildman–Crippen MR) is 72.7 cm³/mol. The summed E-state index contributed by atoms with van der Waals surface area (Å²) in [5.74, 6) is 0.826. The summed E-state index contributed by atoms with van der Waals surface area (Å²) in [6.45, 7) is 6.39. The summed E-state index contributed by atoms with van der Waals surface area (Å²) in [7, 11) is 1.99. The van der Waals surface area contributed by atoms with Gasteiger partial charge < -0.3 is 5.32 Å². The number of aromatic nitrogens is 2. The maximum atomic E-state index is 6.35. The molecule has 100 valence electrons. The van der Waals surface area contributed by atoms with Gasteiger partial charge in [0.2, 0.25) is 0 Å². The molecule has 0 spiro atoms. The van der Waals surface area contributed by atoms with Crippen molar-refractivity contribution in [2.45, 2.75) is 32.4 Å². The lowest BCUT2D eigenvalue weighted by molar-refractivity contribution is 0.114. The monoisotopic (exact) mass is 268 g/mol. The lowest BCUT2D eigenvalue weighted by Gasteiger charge is -2.37. The Hall–Kier alpha value is -0.580. The average Bonchev–Trinajstić information content (AvgIpc) is 2.91. The normalized spacial score (nSPS) is 28.6. The first-order chi connectivity index (χ1) is 8.66. The Morgan fingerprint density at radius 2 is 2.28 bits per heavy atom. The van der Waals surface area contributed by atoms with Crippen LogP contribution in [0, 0.1) is 12.8 Å². The molecule has 18 heavy (non-hydrogen) atoms. The summed E-state index contributed by atoms with van der Waals surface area (Å²) in [5.41, 5.74) is 2.09. The van der Waals surface area contributed by atoms with Crippen LogP contribution in [0.2, 0.25) is 5.02 Å². The quantitative estimate of drug-likeness (QED) is 0.884. The van der Waals surface area contributed by atoms with Crippen LogP contribution in [0.1, 0.15) is 24.2 Å². The van der Waals surface area contributed by atoms with Gasteiger partial charge in [0, 0.05) is 26.2 Å². The van der Waals surface area contributed by atoms with Crippen molar-refractivity contribution in [2.24, 2.45) is 13.0 Å². The molecule has 0 bridgehead atoms. The summed E-state index contributed by atoms with van der Waals surface area (Å²) in [5, 5.41) is 8.76. The Morgan fingerprint density at radius 1 is 1.44 bits per heavy atom. The number of nitrogens with zero attached hydrogens (tertiary/aromatic N) is 3. The molecule has 0 aliphatic carbocycles. The van der Waals surface area contributed by atoms with E-state index in [0.29, 0.717) is 6.04 Å². The second-order valence-corrected chi connectivity index (χ2v) is 5.95. The van der Waals surface area contributed by atoms with Crippen LogP contribution in [-0.4, -0.2) is 40.4 Å². The van der Waals surface area contributed by atoms with E-state index in [1.54, 1.807) is 0 Å². The van der Waals surface area contributed by atoms with E-state index in [9.17, 15) is 0 Å². The van der Waals surface area contributed by atoms with E-state index in [-0.39, 0.29) is 0 Å². The lowest BCUT2D eigenvalue weighted by atomic mass is 9.92. The molecule has 3 heterocycles. The van der Waals surface area contributed by atoms with Crippen LogP contribution in [0.4, 0.5) is 0 Å². The molecule has 2 fully saturated rings. The van der Waals surface area contributed by atoms with Crippen LogP contribution < -0.4 is 5.32 Å². The molecule has 5 heteroatoms. The van der Waals surface area contributed by atoms with Crippen LogP contribution in [0.3, 0.4) is 0 Å². The van der Waals surface area contributed by atoms with Gasteiger partial charge in [0.15, 0.2) is 0 Å². The maximum absolute atomic E-state index is 6.35. The van der Waals surface area contributed by atoms with Crippen molar-refractivity contribution >= 4 is 11.6 Å². The standard InChI is InChI=1S/C13H21ClN4/c1-9-13(14)12(17(2)16-9)8-18-5-3-4-10-6-15-7-11(10)18/h10-11,15H,3-8H2,1-2H3. The van der Waals surface area contributed by atoms with Crippen molar-refractivity contribution in [3.05, 3.63) is 16.4 Å². The van der Waals surface area contributed by atoms with Crippen molar-refractivity contribution in [1.82, 2.24) is 20.0 Å². The van der Waals surface area contributed by atoms with Crippen LogP contribution in [-0.2, 0) is 13.6 Å². The summed E-state index contributed by atoms with van der Waals surface area (Å²) in [4.78, 5) is 2.58. The Balaban J connectivity index is 1.79. The highest BCUT2D eigenvalue weighted by molar-refractivity contribution is 6.31. The number of hydrogen-bond acceptors (Lipinski definition) is 3. The molecule has 2 atom stereocenters. The molecular weight excluding hydrogens is 248 g/mol. The second kappa shape index (κ2) is 4.83. The topological polar surface area (TPSA) is 33.1 Å². The first kappa shape index (κ1) is 12.5. The summed E-state index contributed by atoms with van der Waals surface area (Å²) in [6.07, 6.45) is 2.67. The van der Waals surface area contributed by atoms with Crippen molar-refractivity contribution in [3.63, 3.8) is 0 Å². The van der Waals surface area contributed by atoms with Crippen LogP contribution >= 0.6 is 11.6 Å². The minimum Gasteiger partial charge on any atom is -0.315 e. The predicted octanol–water partition coefficient (Wildman–Crippen LogP) is 1.57. The Kier molecular flexibility index (Phi) is 3.34. The van der Waals surface area contributed by atoms with E-state index < -0.39 is 0 Å². The Bertz CT molecular complexity index is 442. The minimum absolute atomic E-state index is 0.685. The number of halogens is 1. The van der Waals surface area contributed by atoms with E-state index in [2.05, 4.69) is 15.3 Å². The molecule has 0 amide bonds. The molecule has 1 aromatic heterocycles. The molecule has 0 aromatic carbocycles. The van der Waals surface area contributed by atoms with Gasteiger partial charge in [-0.15, -0.1) is 0 Å². The van der Waals surface area contributed by atoms with Crippen LogP contribution in [0.25, 0.3) is 0 Å². The number of aryl methyl sites for hydroxylation is 2. The van der Waals surface area contributed by atoms with Gasteiger partial charge in [0.25, 0.3) is 0 Å². The van der Waals surface area contributed by atoms with E-state index in [1.807, 2.05) is 18.7 Å². The zero-order valence-corrected chi connectivity index (χ0v) is 11.9. The Morgan fingerprint density at radius 3 is 3.00 bits per heavy atom. The molecular formula is C13H21ClN4. The van der Waals surface area contributed by atoms with Gasteiger partial charge in [-0.1, -0.05) is 11.6 Å². The number of nitrogens with one attached hydrogen (secondary N) is 1. The fourth-order valence-corrected chi connectivity index (χ4v) is 3.62. The van der Waals surface area contributed by atoms with Gasteiger partial charge in [-0.3, -0.25) is 9.58 Å². The van der Waals surface area contributed by atoms with Crippen LogP contribution in [0.5, 0.6) is 0 Å². The molecule has 1 N–H and O–H groups in total. The molecule has 2 unspecified atom stereocenters. The van der Waals surface area contributed by atoms with Gasteiger partial charge in [-0.25, -0.2) is 0 Å². The molecule has 2 saturated heterocycles. The zero-order valence-electron chi connectivity index (χ0n) is 11.1. The molecule has 0 saturated carbocycles. The van der Waals surface area contributed by atoms with E-state index in [4.69, 9.17) is 11.6 Å². The van der Waals surface area contributed by atoms with Crippen molar-refractivity contribution in [1.29, 1.82) is 0 Å². The molecule has 4 nitrogen and oxygen atoms in total.